The molecule has 0 bridgehead atoms. The highest BCUT2D eigenvalue weighted by atomic mass is 16.5. The quantitative estimate of drug-likeness (QED) is 0.401. The van der Waals surface area contributed by atoms with Crippen LogP contribution in [0.15, 0.2) is 89.3 Å². The fraction of sp³-hybridized carbons (Fsp3) is 0.250. The van der Waals surface area contributed by atoms with E-state index in [-0.39, 0.29) is 6.04 Å². The second-order valence-corrected chi connectivity index (χ2v) is 8.21. The summed E-state index contributed by atoms with van der Waals surface area (Å²) in [5, 5.41) is 3.66. The third-order valence-electron chi connectivity index (χ3n) is 6.04. The van der Waals surface area contributed by atoms with Crippen LogP contribution in [0.3, 0.4) is 0 Å². The SMILES string of the molecule is COc1ccccc1CNC(c1ccccc1)c1nc(-c2ccccc2)c(N2CCOCC2)o1. The number of anilines is 1. The summed E-state index contributed by atoms with van der Waals surface area (Å²) in [4.78, 5) is 7.27. The molecule has 1 fully saturated rings. The maximum atomic E-state index is 6.54. The average molecular weight is 456 g/mol. The van der Waals surface area contributed by atoms with Crippen molar-refractivity contribution in [3.63, 3.8) is 0 Å². The van der Waals surface area contributed by atoms with Crippen LogP contribution in [0.5, 0.6) is 5.75 Å². The van der Waals surface area contributed by atoms with Crippen LogP contribution in [0.2, 0.25) is 0 Å². The molecule has 6 nitrogen and oxygen atoms in total. The summed E-state index contributed by atoms with van der Waals surface area (Å²) in [5.41, 5.74) is 4.06. The van der Waals surface area contributed by atoms with Crippen LogP contribution in [0.25, 0.3) is 11.3 Å². The molecule has 2 heterocycles. The van der Waals surface area contributed by atoms with Gasteiger partial charge in [-0.2, -0.15) is 0 Å². The largest absolute Gasteiger partial charge is 0.496 e. The van der Waals surface area contributed by atoms with E-state index < -0.39 is 0 Å². The molecule has 34 heavy (non-hydrogen) atoms. The van der Waals surface area contributed by atoms with Gasteiger partial charge in [-0.15, -0.1) is 0 Å². The van der Waals surface area contributed by atoms with E-state index in [1.165, 1.54) is 0 Å². The molecule has 0 aliphatic carbocycles. The second kappa shape index (κ2) is 10.5. The van der Waals surface area contributed by atoms with Crippen molar-refractivity contribution in [3.8, 4) is 17.0 Å². The molecule has 0 amide bonds. The number of nitrogens with one attached hydrogen (secondary N) is 1. The Morgan fingerprint density at radius 1 is 0.912 bits per heavy atom. The van der Waals surface area contributed by atoms with Gasteiger partial charge in [0.2, 0.25) is 11.8 Å². The Bertz CT molecular complexity index is 1190. The molecule has 0 spiro atoms. The van der Waals surface area contributed by atoms with E-state index in [9.17, 15) is 0 Å². The predicted molar refractivity (Wildman–Crippen MR) is 133 cm³/mol. The molecular weight excluding hydrogens is 426 g/mol. The fourth-order valence-corrected chi connectivity index (χ4v) is 4.27. The third-order valence-corrected chi connectivity index (χ3v) is 6.04. The Balaban J connectivity index is 1.53. The van der Waals surface area contributed by atoms with E-state index in [2.05, 4.69) is 40.5 Å². The van der Waals surface area contributed by atoms with Crippen molar-refractivity contribution >= 4 is 5.88 Å². The number of rotatable bonds is 8. The van der Waals surface area contributed by atoms with Crippen molar-refractivity contribution < 1.29 is 13.9 Å². The first-order valence-corrected chi connectivity index (χ1v) is 11.6. The van der Waals surface area contributed by atoms with Gasteiger partial charge in [-0.25, -0.2) is 4.98 Å². The highest BCUT2D eigenvalue weighted by Crippen LogP contribution is 2.35. The number of morpholine rings is 1. The third kappa shape index (κ3) is 4.83. The average Bonchev–Trinajstić information content (AvgIpc) is 3.36. The van der Waals surface area contributed by atoms with E-state index in [1.54, 1.807) is 7.11 Å². The molecule has 1 saturated heterocycles. The van der Waals surface area contributed by atoms with Crippen LogP contribution in [-0.4, -0.2) is 38.4 Å². The van der Waals surface area contributed by atoms with Crippen molar-refractivity contribution in [1.29, 1.82) is 0 Å². The van der Waals surface area contributed by atoms with E-state index in [0.29, 0.717) is 25.6 Å². The van der Waals surface area contributed by atoms with Crippen molar-refractivity contribution in [1.82, 2.24) is 10.3 Å². The second-order valence-electron chi connectivity index (χ2n) is 8.21. The molecule has 5 rings (SSSR count). The van der Waals surface area contributed by atoms with Crippen LogP contribution in [-0.2, 0) is 11.3 Å². The zero-order chi connectivity index (χ0) is 23.2. The lowest BCUT2D eigenvalue weighted by Gasteiger charge is -2.27. The first-order valence-electron chi connectivity index (χ1n) is 11.6. The van der Waals surface area contributed by atoms with E-state index in [0.717, 1.165) is 47.1 Å². The lowest BCUT2D eigenvalue weighted by atomic mass is 10.1. The summed E-state index contributed by atoms with van der Waals surface area (Å²) in [6.07, 6.45) is 0. The van der Waals surface area contributed by atoms with E-state index >= 15 is 0 Å². The number of hydrogen-bond acceptors (Lipinski definition) is 6. The van der Waals surface area contributed by atoms with Crippen LogP contribution in [0.4, 0.5) is 5.88 Å². The number of hydrogen-bond donors (Lipinski definition) is 1. The van der Waals surface area contributed by atoms with E-state index in [1.807, 2.05) is 54.6 Å². The first-order chi connectivity index (χ1) is 16.8. The summed E-state index contributed by atoms with van der Waals surface area (Å²) in [5.74, 6) is 2.29. The molecule has 0 saturated carbocycles. The molecule has 1 aliphatic heterocycles. The summed E-state index contributed by atoms with van der Waals surface area (Å²) in [6.45, 7) is 3.52. The minimum atomic E-state index is -0.219. The Morgan fingerprint density at radius 3 is 2.32 bits per heavy atom. The molecule has 6 heteroatoms. The van der Waals surface area contributed by atoms with Gasteiger partial charge in [-0.1, -0.05) is 78.9 Å². The molecule has 4 aromatic rings. The highest BCUT2D eigenvalue weighted by molar-refractivity contribution is 5.71. The number of benzene rings is 3. The zero-order valence-electron chi connectivity index (χ0n) is 19.3. The minimum Gasteiger partial charge on any atom is -0.496 e. The number of aromatic nitrogens is 1. The molecule has 1 N–H and O–H groups in total. The number of oxazole rings is 1. The van der Waals surface area contributed by atoms with Crippen LogP contribution in [0.1, 0.15) is 23.1 Å². The van der Waals surface area contributed by atoms with E-state index in [4.69, 9.17) is 18.9 Å². The monoisotopic (exact) mass is 455 g/mol. The number of nitrogens with zero attached hydrogens (tertiary/aromatic N) is 2. The molecule has 1 atom stereocenters. The van der Waals surface area contributed by atoms with Crippen molar-refractivity contribution in [2.75, 3.05) is 38.3 Å². The fourth-order valence-electron chi connectivity index (χ4n) is 4.27. The number of methoxy groups -OCH3 is 1. The summed E-state index contributed by atoms with van der Waals surface area (Å²) in [7, 11) is 1.70. The molecular formula is C28H29N3O3. The first kappa shape index (κ1) is 22.2. The van der Waals surface area contributed by atoms with Crippen LogP contribution in [0, 0.1) is 0 Å². The lowest BCUT2D eigenvalue weighted by Crippen LogP contribution is -2.36. The van der Waals surface area contributed by atoms with Gasteiger partial charge in [0.15, 0.2) is 0 Å². The molecule has 0 radical (unpaired) electrons. The maximum Gasteiger partial charge on any atom is 0.224 e. The Labute approximate surface area is 200 Å². The minimum absolute atomic E-state index is 0.219. The molecule has 174 valence electrons. The normalized spacial score (nSPS) is 14.7. The van der Waals surface area contributed by atoms with Crippen molar-refractivity contribution in [2.24, 2.45) is 0 Å². The zero-order valence-corrected chi connectivity index (χ0v) is 19.3. The van der Waals surface area contributed by atoms with Crippen LogP contribution >= 0.6 is 0 Å². The van der Waals surface area contributed by atoms with Gasteiger partial charge >= 0.3 is 0 Å². The summed E-state index contributed by atoms with van der Waals surface area (Å²) >= 11 is 0. The van der Waals surface area contributed by atoms with Gasteiger partial charge in [0, 0.05) is 30.8 Å². The summed E-state index contributed by atoms with van der Waals surface area (Å²) in [6, 6.07) is 28.3. The predicted octanol–water partition coefficient (Wildman–Crippen LogP) is 5.07. The highest BCUT2D eigenvalue weighted by Gasteiger charge is 2.27. The van der Waals surface area contributed by atoms with Crippen molar-refractivity contribution in [3.05, 3.63) is 102 Å². The van der Waals surface area contributed by atoms with Gasteiger partial charge in [-0.3, -0.25) is 5.32 Å². The number of para-hydroxylation sites is 1. The molecule has 1 unspecified atom stereocenters. The van der Waals surface area contributed by atoms with Crippen molar-refractivity contribution in [2.45, 2.75) is 12.6 Å². The Hall–Kier alpha value is -3.61. The number of ether oxygens (including phenoxy) is 2. The maximum absolute atomic E-state index is 6.54. The Kier molecular flexibility index (Phi) is 6.89. The summed E-state index contributed by atoms with van der Waals surface area (Å²) < 4.78 is 17.7. The van der Waals surface area contributed by atoms with Gasteiger partial charge < -0.3 is 18.8 Å². The van der Waals surface area contributed by atoms with Gasteiger partial charge in [0.25, 0.3) is 0 Å². The lowest BCUT2D eigenvalue weighted by molar-refractivity contribution is 0.120. The Morgan fingerprint density at radius 2 is 1.59 bits per heavy atom. The van der Waals surface area contributed by atoms with Gasteiger partial charge in [-0.05, 0) is 11.6 Å². The van der Waals surface area contributed by atoms with Crippen LogP contribution < -0.4 is 15.0 Å². The molecule has 1 aliphatic rings. The topological polar surface area (TPSA) is 59.8 Å². The van der Waals surface area contributed by atoms with Gasteiger partial charge in [0.1, 0.15) is 17.5 Å². The molecule has 1 aromatic heterocycles. The standard InChI is InChI=1S/C28H29N3O3/c1-32-24-15-9-8-14-23(24)20-29-25(21-10-4-2-5-11-21)27-30-26(22-12-6-3-7-13-22)28(34-27)31-16-18-33-19-17-31/h2-15,25,29H,16-20H2,1H3. The van der Waals surface area contributed by atoms with Gasteiger partial charge in [0.05, 0.1) is 20.3 Å². The molecule has 3 aromatic carbocycles. The smallest absolute Gasteiger partial charge is 0.224 e.